The molecule has 0 saturated carbocycles. The number of amides is 2. The number of urea groups is 1. The van der Waals surface area contributed by atoms with Crippen LogP contribution in [0.1, 0.15) is 22.7 Å². The van der Waals surface area contributed by atoms with Crippen LogP contribution in [0.2, 0.25) is 0 Å². The van der Waals surface area contributed by atoms with Crippen molar-refractivity contribution < 1.29 is 19.1 Å². The second-order valence-corrected chi connectivity index (χ2v) is 7.83. The number of benzene rings is 3. The molecule has 0 aromatic heterocycles. The zero-order valence-electron chi connectivity index (χ0n) is 18.2. The van der Waals surface area contributed by atoms with Crippen molar-refractivity contribution in [1.82, 2.24) is 10.6 Å². The molecule has 1 fully saturated rings. The summed E-state index contributed by atoms with van der Waals surface area (Å²) in [6.07, 6.45) is 0.610. The van der Waals surface area contributed by atoms with Crippen molar-refractivity contribution in [1.29, 1.82) is 0 Å². The fraction of sp³-hybridized carbons (Fsp3) is 0.185. The molecule has 6 nitrogen and oxygen atoms in total. The summed E-state index contributed by atoms with van der Waals surface area (Å²) in [7, 11) is 0. The van der Waals surface area contributed by atoms with Crippen molar-refractivity contribution in [3.05, 3.63) is 114 Å². The Morgan fingerprint density at radius 2 is 1.61 bits per heavy atom. The fourth-order valence-electron chi connectivity index (χ4n) is 3.78. The number of hydrogen-bond donors (Lipinski definition) is 2. The van der Waals surface area contributed by atoms with Gasteiger partial charge >= 0.3 is 12.0 Å². The van der Waals surface area contributed by atoms with Gasteiger partial charge in [-0.25, -0.2) is 4.79 Å². The lowest BCUT2D eigenvalue weighted by Crippen LogP contribution is -2.51. The quantitative estimate of drug-likeness (QED) is 0.503. The molecule has 2 N–H and O–H groups in total. The van der Waals surface area contributed by atoms with Gasteiger partial charge in [0.1, 0.15) is 18.3 Å². The van der Waals surface area contributed by atoms with E-state index in [1.165, 1.54) is 0 Å². The van der Waals surface area contributed by atoms with E-state index in [1.807, 2.05) is 84.9 Å². The second-order valence-electron chi connectivity index (χ2n) is 7.83. The number of ether oxygens (including phenoxy) is 2. The molecule has 2 amide bonds. The summed E-state index contributed by atoms with van der Waals surface area (Å²) in [5.74, 6) is -0.558. The molecule has 168 valence electrons. The van der Waals surface area contributed by atoms with Crippen LogP contribution in [0.5, 0.6) is 5.75 Å². The van der Waals surface area contributed by atoms with Crippen molar-refractivity contribution in [2.45, 2.75) is 19.1 Å². The van der Waals surface area contributed by atoms with Crippen LogP contribution in [-0.4, -0.2) is 18.6 Å². The fourth-order valence-corrected chi connectivity index (χ4v) is 3.78. The molecule has 0 aliphatic carbocycles. The highest BCUT2D eigenvalue weighted by molar-refractivity contribution is 5.85. The largest absolute Gasteiger partial charge is 0.489 e. The molecule has 1 heterocycles. The van der Waals surface area contributed by atoms with Crippen LogP contribution >= 0.6 is 0 Å². The SMILES string of the molecule is C=C1NC(=O)NC(c2cccc(OCc3ccccc3)c2)C1C(=O)OCCc1ccccc1. The average Bonchev–Trinajstić information content (AvgIpc) is 2.84. The lowest BCUT2D eigenvalue weighted by Gasteiger charge is -2.33. The van der Waals surface area contributed by atoms with Gasteiger partial charge in [-0.15, -0.1) is 0 Å². The lowest BCUT2D eigenvalue weighted by atomic mass is 9.89. The number of esters is 1. The van der Waals surface area contributed by atoms with Gasteiger partial charge in [0.25, 0.3) is 0 Å². The summed E-state index contributed by atoms with van der Waals surface area (Å²) in [6.45, 7) is 4.56. The van der Waals surface area contributed by atoms with E-state index in [2.05, 4.69) is 17.2 Å². The predicted octanol–water partition coefficient (Wildman–Crippen LogP) is 4.54. The summed E-state index contributed by atoms with van der Waals surface area (Å²) in [4.78, 5) is 25.1. The van der Waals surface area contributed by atoms with Crippen molar-refractivity contribution in [2.24, 2.45) is 5.92 Å². The Labute approximate surface area is 193 Å². The monoisotopic (exact) mass is 442 g/mol. The van der Waals surface area contributed by atoms with E-state index in [4.69, 9.17) is 9.47 Å². The third kappa shape index (κ3) is 5.80. The Balaban J connectivity index is 1.46. The minimum absolute atomic E-state index is 0.244. The third-order valence-corrected chi connectivity index (χ3v) is 5.47. The second kappa shape index (κ2) is 10.5. The normalized spacial score (nSPS) is 17.6. The summed E-state index contributed by atoms with van der Waals surface area (Å²) >= 11 is 0. The Morgan fingerprint density at radius 3 is 2.33 bits per heavy atom. The number of carbonyl (C=O) groups excluding carboxylic acids is 2. The Morgan fingerprint density at radius 1 is 0.909 bits per heavy atom. The molecular formula is C27H26N2O4. The molecule has 1 saturated heterocycles. The van der Waals surface area contributed by atoms with Gasteiger partial charge in [0.05, 0.1) is 12.6 Å². The molecule has 3 aromatic carbocycles. The predicted molar refractivity (Wildman–Crippen MR) is 125 cm³/mol. The first-order chi connectivity index (χ1) is 16.1. The summed E-state index contributed by atoms with van der Waals surface area (Å²) in [5.41, 5.74) is 3.18. The topological polar surface area (TPSA) is 76.7 Å². The van der Waals surface area contributed by atoms with Gasteiger partial charge < -0.3 is 20.1 Å². The smallest absolute Gasteiger partial charge is 0.319 e. The molecule has 0 bridgehead atoms. The minimum Gasteiger partial charge on any atom is -0.489 e. The first-order valence-electron chi connectivity index (χ1n) is 10.8. The maximum atomic E-state index is 13.0. The molecule has 1 aliphatic rings. The summed E-state index contributed by atoms with van der Waals surface area (Å²) in [5, 5.41) is 5.44. The van der Waals surface area contributed by atoms with Crippen molar-refractivity contribution in [3.8, 4) is 5.75 Å². The molecule has 3 aromatic rings. The van der Waals surface area contributed by atoms with Gasteiger partial charge in [0.15, 0.2) is 0 Å². The molecule has 2 atom stereocenters. The van der Waals surface area contributed by atoms with E-state index in [0.717, 1.165) is 16.7 Å². The van der Waals surface area contributed by atoms with Gasteiger partial charge in [0.2, 0.25) is 0 Å². The molecule has 6 heteroatoms. The minimum atomic E-state index is -0.761. The van der Waals surface area contributed by atoms with E-state index in [9.17, 15) is 9.59 Å². The highest BCUT2D eigenvalue weighted by Gasteiger charge is 2.39. The molecule has 33 heavy (non-hydrogen) atoms. The van der Waals surface area contributed by atoms with Crippen LogP contribution in [0.25, 0.3) is 0 Å². The van der Waals surface area contributed by atoms with Crippen molar-refractivity contribution in [2.75, 3.05) is 6.61 Å². The van der Waals surface area contributed by atoms with Gasteiger partial charge in [-0.05, 0) is 28.8 Å². The highest BCUT2D eigenvalue weighted by Crippen LogP contribution is 2.32. The number of nitrogens with one attached hydrogen (secondary N) is 2. The van der Waals surface area contributed by atoms with Gasteiger partial charge in [0, 0.05) is 12.1 Å². The number of hydrogen-bond acceptors (Lipinski definition) is 4. The summed E-state index contributed by atoms with van der Waals surface area (Å²) in [6, 6.07) is 26.0. The molecule has 2 unspecified atom stereocenters. The van der Waals surface area contributed by atoms with E-state index >= 15 is 0 Å². The van der Waals surface area contributed by atoms with Gasteiger partial charge in [-0.3, -0.25) is 4.79 Å². The Kier molecular flexibility index (Phi) is 7.05. The number of carbonyl (C=O) groups is 2. The molecule has 0 spiro atoms. The zero-order valence-corrected chi connectivity index (χ0v) is 18.2. The van der Waals surface area contributed by atoms with Crippen molar-refractivity contribution >= 4 is 12.0 Å². The molecule has 0 radical (unpaired) electrons. The maximum Gasteiger partial charge on any atom is 0.319 e. The van der Waals surface area contributed by atoms with Crippen LogP contribution in [-0.2, 0) is 22.6 Å². The first-order valence-corrected chi connectivity index (χ1v) is 10.8. The first kappa shape index (κ1) is 22.1. The van der Waals surface area contributed by atoms with Crippen LogP contribution in [0.3, 0.4) is 0 Å². The van der Waals surface area contributed by atoms with E-state index in [-0.39, 0.29) is 6.61 Å². The zero-order chi connectivity index (χ0) is 23.0. The van der Waals surface area contributed by atoms with Crippen LogP contribution in [0, 0.1) is 5.92 Å². The standard InChI is InChI=1S/C27H26N2O4/c1-19-24(26(30)32-16-15-20-9-4-2-5-10-20)25(29-27(31)28-19)22-13-8-14-23(17-22)33-18-21-11-6-3-7-12-21/h2-14,17,24-25H,1,15-16,18H2,(H2,28,29,31). The third-order valence-electron chi connectivity index (χ3n) is 5.47. The molecular weight excluding hydrogens is 416 g/mol. The average molecular weight is 443 g/mol. The van der Waals surface area contributed by atoms with Crippen LogP contribution in [0.15, 0.2) is 97.2 Å². The van der Waals surface area contributed by atoms with E-state index in [1.54, 1.807) is 0 Å². The molecule has 4 rings (SSSR count). The van der Waals surface area contributed by atoms with Crippen LogP contribution in [0.4, 0.5) is 4.79 Å². The Bertz CT molecular complexity index is 1120. The highest BCUT2D eigenvalue weighted by atomic mass is 16.5. The Hall–Kier alpha value is -4.06. The number of rotatable bonds is 8. The lowest BCUT2D eigenvalue weighted by molar-refractivity contribution is -0.148. The molecule has 1 aliphatic heterocycles. The summed E-state index contributed by atoms with van der Waals surface area (Å²) < 4.78 is 11.5. The van der Waals surface area contributed by atoms with Gasteiger partial charge in [-0.1, -0.05) is 79.4 Å². The maximum absolute atomic E-state index is 13.0. The van der Waals surface area contributed by atoms with E-state index in [0.29, 0.717) is 24.5 Å². The van der Waals surface area contributed by atoms with Crippen LogP contribution < -0.4 is 15.4 Å². The van der Waals surface area contributed by atoms with E-state index < -0.39 is 24.0 Å². The van der Waals surface area contributed by atoms with Gasteiger partial charge in [-0.2, -0.15) is 0 Å². The van der Waals surface area contributed by atoms with Crippen molar-refractivity contribution in [3.63, 3.8) is 0 Å².